The Bertz CT molecular complexity index is 414. The number of carboxylic acid groups (broad SMARTS) is 1. The van der Waals surface area contributed by atoms with Crippen LogP contribution in [0.3, 0.4) is 0 Å². The average Bonchev–Trinajstić information content (AvgIpc) is 2.31. The summed E-state index contributed by atoms with van der Waals surface area (Å²) in [5.74, 6) is -0.845. The first-order chi connectivity index (χ1) is 8.52. The Kier molecular flexibility index (Phi) is 5.32. The lowest BCUT2D eigenvalue weighted by molar-refractivity contribution is -0.138. The summed E-state index contributed by atoms with van der Waals surface area (Å²) in [6.45, 7) is 1.90. The molecule has 1 rings (SSSR count). The van der Waals surface area contributed by atoms with Crippen molar-refractivity contribution in [2.45, 2.75) is 32.2 Å². The van der Waals surface area contributed by atoms with E-state index in [1.54, 1.807) is 24.3 Å². The quantitative estimate of drug-likeness (QED) is 0.588. The monoisotopic (exact) mass is 251 g/mol. The highest BCUT2D eigenvalue weighted by Gasteiger charge is 2.12. The summed E-state index contributed by atoms with van der Waals surface area (Å²) in [4.78, 5) is 21.8. The van der Waals surface area contributed by atoms with Crippen LogP contribution in [0.15, 0.2) is 24.3 Å². The van der Waals surface area contributed by atoms with Crippen LogP contribution in [0.4, 0.5) is 0 Å². The molecule has 0 spiro atoms. The first kappa shape index (κ1) is 14.2. The second-order valence-corrected chi connectivity index (χ2v) is 4.02. The Balaban J connectivity index is 2.57. The molecule has 0 aliphatic carbocycles. The van der Waals surface area contributed by atoms with E-state index in [0.29, 0.717) is 12.2 Å². The van der Waals surface area contributed by atoms with Gasteiger partial charge in [-0.15, -0.1) is 0 Å². The van der Waals surface area contributed by atoms with Crippen LogP contribution in [0.5, 0.6) is 5.75 Å². The Morgan fingerprint density at radius 3 is 2.44 bits per heavy atom. The third kappa shape index (κ3) is 4.55. The van der Waals surface area contributed by atoms with Crippen LogP contribution in [-0.4, -0.2) is 23.1 Å². The number of carboxylic acids is 1. The van der Waals surface area contributed by atoms with Crippen molar-refractivity contribution >= 4 is 11.9 Å². The lowest BCUT2D eigenvalue weighted by atomic mass is 10.1. The van der Waals surface area contributed by atoms with Gasteiger partial charge in [-0.3, -0.25) is 9.59 Å². The first-order valence-electron chi connectivity index (χ1n) is 5.81. The Morgan fingerprint density at radius 2 is 1.94 bits per heavy atom. The third-order valence-corrected chi connectivity index (χ3v) is 2.38. The molecule has 0 heterocycles. The highest BCUT2D eigenvalue weighted by Crippen LogP contribution is 2.14. The average molecular weight is 251 g/mol. The molecule has 1 aromatic rings. The number of aliphatic carboxylic acids is 1. The highest BCUT2D eigenvalue weighted by molar-refractivity contribution is 5.73. The number of hydrogen-bond donors (Lipinski definition) is 2. The molecule has 5 nitrogen and oxygen atoms in total. The lowest BCUT2D eigenvalue weighted by Crippen LogP contribution is -2.32. The zero-order valence-corrected chi connectivity index (χ0v) is 10.3. The first-order valence-corrected chi connectivity index (χ1v) is 5.81. The molecule has 1 aromatic carbocycles. The number of nitrogens with two attached hydrogens (primary N) is 1. The van der Waals surface area contributed by atoms with Gasteiger partial charge in [-0.25, -0.2) is 0 Å². The van der Waals surface area contributed by atoms with Gasteiger partial charge in [0, 0.05) is 6.42 Å². The van der Waals surface area contributed by atoms with Gasteiger partial charge in [0.25, 0.3) is 0 Å². The molecule has 0 aliphatic heterocycles. The van der Waals surface area contributed by atoms with Crippen LogP contribution in [0.1, 0.15) is 25.3 Å². The van der Waals surface area contributed by atoms with Crippen LogP contribution >= 0.6 is 0 Å². The van der Waals surface area contributed by atoms with E-state index in [9.17, 15) is 9.59 Å². The van der Waals surface area contributed by atoms with Gasteiger partial charge in [0.1, 0.15) is 11.8 Å². The molecule has 0 bridgehead atoms. The van der Waals surface area contributed by atoms with Crippen molar-refractivity contribution < 1.29 is 19.4 Å². The maximum Gasteiger partial charge on any atom is 0.320 e. The number of carbonyl (C=O) groups is 2. The molecular weight excluding hydrogens is 234 g/mol. The fourth-order valence-electron chi connectivity index (χ4n) is 1.42. The number of benzene rings is 1. The summed E-state index contributed by atoms with van der Waals surface area (Å²) < 4.78 is 5.08. The Labute approximate surface area is 106 Å². The summed E-state index contributed by atoms with van der Waals surface area (Å²) >= 11 is 0. The van der Waals surface area contributed by atoms with E-state index in [1.807, 2.05) is 6.92 Å². The minimum absolute atomic E-state index is 0.249. The van der Waals surface area contributed by atoms with Gasteiger partial charge in [0.05, 0.1) is 0 Å². The van der Waals surface area contributed by atoms with Gasteiger partial charge in [0.15, 0.2) is 0 Å². The smallest absolute Gasteiger partial charge is 0.320 e. The fraction of sp³-hybridized carbons (Fsp3) is 0.385. The molecule has 3 N–H and O–H groups in total. The van der Waals surface area contributed by atoms with Crippen molar-refractivity contribution in [3.05, 3.63) is 29.8 Å². The van der Waals surface area contributed by atoms with Crippen molar-refractivity contribution in [2.24, 2.45) is 5.73 Å². The van der Waals surface area contributed by atoms with Crippen LogP contribution in [0, 0.1) is 0 Å². The molecule has 0 aliphatic rings. The molecule has 0 saturated heterocycles. The van der Waals surface area contributed by atoms with Crippen LogP contribution < -0.4 is 10.5 Å². The maximum absolute atomic E-state index is 11.2. The molecule has 98 valence electrons. The van der Waals surface area contributed by atoms with Crippen LogP contribution in [-0.2, 0) is 16.0 Å². The van der Waals surface area contributed by atoms with E-state index in [4.69, 9.17) is 15.6 Å². The van der Waals surface area contributed by atoms with Crippen molar-refractivity contribution in [1.82, 2.24) is 0 Å². The lowest BCUT2D eigenvalue weighted by Gasteiger charge is -2.07. The predicted molar refractivity (Wildman–Crippen MR) is 66.3 cm³/mol. The summed E-state index contributed by atoms with van der Waals surface area (Å²) in [6.07, 6.45) is 1.37. The standard InChI is InChI=1S/C13H17NO4/c1-2-3-12(15)18-10-6-4-9(5-7-10)8-11(14)13(16)17/h4-7,11H,2-3,8,14H2,1H3,(H,16,17)/t11-/m0/s1. The second kappa shape index (κ2) is 6.76. The maximum atomic E-state index is 11.2. The molecule has 1 atom stereocenters. The minimum Gasteiger partial charge on any atom is -0.480 e. The van der Waals surface area contributed by atoms with Gasteiger partial charge >= 0.3 is 11.9 Å². The summed E-state index contributed by atoms with van der Waals surface area (Å²) in [6, 6.07) is 5.77. The molecule has 0 amide bonds. The zero-order valence-electron chi connectivity index (χ0n) is 10.3. The molecule has 0 unspecified atom stereocenters. The largest absolute Gasteiger partial charge is 0.480 e. The van der Waals surface area contributed by atoms with E-state index in [1.165, 1.54) is 0 Å². The van der Waals surface area contributed by atoms with Gasteiger partial charge in [-0.1, -0.05) is 19.1 Å². The van der Waals surface area contributed by atoms with Crippen LogP contribution in [0.25, 0.3) is 0 Å². The summed E-state index contributed by atoms with van der Waals surface area (Å²) in [5, 5.41) is 8.68. The molecule has 5 heteroatoms. The van der Waals surface area contributed by atoms with Gasteiger partial charge in [-0.05, 0) is 30.5 Å². The van der Waals surface area contributed by atoms with E-state index < -0.39 is 12.0 Å². The molecule has 0 radical (unpaired) electrons. The zero-order chi connectivity index (χ0) is 13.5. The normalized spacial score (nSPS) is 11.9. The fourth-order valence-corrected chi connectivity index (χ4v) is 1.42. The Morgan fingerprint density at radius 1 is 1.33 bits per heavy atom. The molecule has 0 fully saturated rings. The Hall–Kier alpha value is -1.88. The number of hydrogen-bond acceptors (Lipinski definition) is 4. The highest BCUT2D eigenvalue weighted by atomic mass is 16.5. The molecule has 0 aromatic heterocycles. The molecule has 0 saturated carbocycles. The van der Waals surface area contributed by atoms with E-state index >= 15 is 0 Å². The van der Waals surface area contributed by atoms with Crippen molar-refractivity contribution in [1.29, 1.82) is 0 Å². The van der Waals surface area contributed by atoms with Gasteiger partial charge in [0.2, 0.25) is 0 Å². The van der Waals surface area contributed by atoms with Crippen molar-refractivity contribution in [2.75, 3.05) is 0 Å². The molecular formula is C13H17NO4. The third-order valence-electron chi connectivity index (χ3n) is 2.38. The topological polar surface area (TPSA) is 89.6 Å². The SMILES string of the molecule is CCCC(=O)Oc1ccc(C[C@H](N)C(=O)O)cc1. The summed E-state index contributed by atoms with van der Waals surface area (Å²) in [5.41, 5.74) is 6.21. The molecule has 18 heavy (non-hydrogen) atoms. The van der Waals surface area contributed by atoms with Crippen molar-refractivity contribution in [3.8, 4) is 5.75 Å². The van der Waals surface area contributed by atoms with Gasteiger partial charge in [-0.2, -0.15) is 0 Å². The van der Waals surface area contributed by atoms with Crippen LogP contribution in [0.2, 0.25) is 0 Å². The summed E-state index contributed by atoms with van der Waals surface area (Å²) in [7, 11) is 0. The van der Waals surface area contributed by atoms with E-state index in [-0.39, 0.29) is 12.4 Å². The number of rotatable bonds is 6. The number of esters is 1. The second-order valence-electron chi connectivity index (χ2n) is 4.02. The van der Waals surface area contributed by atoms with Gasteiger partial charge < -0.3 is 15.6 Å². The number of ether oxygens (including phenoxy) is 1. The minimum atomic E-state index is -1.03. The van der Waals surface area contributed by atoms with Crippen molar-refractivity contribution in [3.63, 3.8) is 0 Å². The number of carbonyl (C=O) groups excluding carboxylic acids is 1. The van der Waals surface area contributed by atoms with E-state index in [0.717, 1.165) is 12.0 Å². The predicted octanol–water partition coefficient (Wildman–Crippen LogP) is 1.35. The van der Waals surface area contributed by atoms with E-state index in [2.05, 4.69) is 0 Å².